The minimum Gasteiger partial charge on any atom is -0.401 e. The molecule has 15 heavy (non-hydrogen) atoms. The lowest BCUT2D eigenvalue weighted by Gasteiger charge is -2.25. The molecule has 0 saturated carbocycles. The first-order valence-corrected chi connectivity index (χ1v) is 5.27. The summed E-state index contributed by atoms with van der Waals surface area (Å²) >= 11 is 0. The van der Waals surface area contributed by atoms with E-state index in [0.717, 1.165) is 25.9 Å². The van der Waals surface area contributed by atoms with Gasteiger partial charge in [0.05, 0.1) is 6.54 Å². The Labute approximate surface area is 90.3 Å². The summed E-state index contributed by atoms with van der Waals surface area (Å²) in [7, 11) is 0. The summed E-state index contributed by atoms with van der Waals surface area (Å²) in [4.78, 5) is 13.8. The molecule has 1 fully saturated rings. The lowest BCUT2D eigenvalue weighted by atomic mass is 10.1. The lowest BCUT2D eigenvalue weighted by molar-refractivity contribution is -0.116. The van der Waals surface area contributed by atoms with Crippen LogP contribution in [0.15, 0.2) is 11.3 Å². The van der Waals surface area contributed by atoms with Crippen molar-refractivity contribution in [1.82, 2.24) is 4.90 Å². The fourth-order valence-corrected chi connectivity index (χ4v) is 1.77. The van der Waals surface area contributed by atoms with E-state index < -0.39 is 0 Å². The highest BCUT2D eigenvalue weighted by Gasteiger charge is 2.17. The first-order valence-electron chi connectivity index (χ1n) is 5.27. The average molecular weight is 207 g/mol. The number of rotatable bonds is 3. The van der Waals surface area contributed by atoms with Crippen LogP contribution in [0.3, 0.4) is 0 Å². The van der Waals surface area contributed by atoms with Crippen molar-refractivity contribution in [3.05, 3.63) is 11.3 Å². The lowest BCUT2D eigenvalue weighted by Crippen LogP contribution is -2.35. The molecule has 0 aromatic carbocycles. The van der Waals surface area contributed by atoms with Crippen LogP contribution in [0.25, 0.3) is 0 Å². The first kappa shape index (κ1) is 11.7. The molecule has 0 aromatic rings. The van der Waals surface area contributed by atoms with Crippen molar-refractivity contribution in [1.29, 1.82) is 5.26 Å². The van der Waals surface area contributed by atoms with Gasteiger partial charge in [-0.25, -0.2) is 0 Å². The van der Waals surface area contributed by atoms with Gasteiger partial charge < -0.3 is 5.73 Å². The summed E-state index contributed by atoms with van der Waals surface area (Å²) < 4.78 is 0. The maximum Gasteiger partial charge on any atom is 0.189 e. The second-order valence-electron chi connectivity index (χ2n) is 3.93. The van der Waals surface area contributed by atoms with E-state index >= 15 is 0 Å². The van der Waals surface area contributed by atoms with E-state index in [1.54, 1.807) is 6.92 Å². The Balaban J connectivity index is 2.55. The number of allylic oxidation sites excluding steroid dienone is 1. The van der Waals surface area contributed by atoms with Gasteiger partial charge >= 0.3 is 0 Å². The quantitative estimate of drug-likeness (QED) is 0.549. The number of nitrogens with two attached hydrogens (primary N) is 1. The molecule has 4 heteroatoms. The molecule has 0 atom stereocenters. The molecule has 0 radical (unpaired) electrons. The average Bonchev–Trinajstić information content (AvgIpc) is 2.19. The molecule has 2 N–H and O–H groups in total. The Morgan fingerprint density at radius 3 is 2.47 bits per heavy atom. The summed E-state index contributed by atoms with van der Waals surface area (Å²) in [5.74, 6) is -0.153. The highest BCUT2D eigenvalue weighted by molar-refractivity contribution is 6.00. The van der Waals surface area contributed by atoms with Gasteiger partial charge in [0.25, 0.3) is 0 Å². The Bertz CT molecular complexity index is 304. The maximum atomic E-state index is 11.7. The molecule has 0 unspecified atom stereocenters. The molecule has 0 bridgehead atoms. The van der Waals surface area contributed by atoms with Crippen molar-refractivity contribution in [3.63, 3.8) is 0 Å². The number of hydrogen-bond donors (Lipinski definition) is 1. The standard InChI is InChI=1S/C11H17N3O/c1-9(13)10(7-12)11(15)8-14-5-3-2-4-6-14/h2-6,8,13H2,1H3/b10-9+. The second kappa shape index (κ2) is 5.52. The monoisotopic (exact) mass is 207 g/mol. The molecule has 0 amide bonds. The predicted molar refractivity (Wildman–Crippen MR) is 57.8 cm³/mol. The van der Waals surface area contributed by atoms with E-state index in [1.807, 2.05) is 6.07 Å². The van der Waals surface area contributed by atoms with Crippen molar-refractivity contribution >= 4 is 5.78 Å². The summed E-state index contributed by atoms with van der Waals surface area (Å²) in [5, 5.41) is 8.77. The predicted octanol–water partition coefficient (Wildman–Crippen LogP) is 0.798. The van der Waals surface area contributed by atoms with Crippen LogP contribution in [0.1, 0.15) is 26.2 Å². The number of Topliss-reactive ketones (excluding diaryl/α,β-unsaturated/α-hetero) is 1. The number of nitriles is 1. The van der Waals surface area contributed by atoms with Gasteiger partial charge in [0.1, 0.15) is 11.6 Å². The second-order valence-corrected chi connectivity index (χ2v) is 3.93. The largest absolute Gasteiger partial charge is 0.401 e. The number of ketones is 1. The van der Waals surface area contributed by atoms with Gasteiger partial charge in [-0.1, -0.05) is 6.42 Å². The van der Waals surface area contributed by atoms with Gasteiger partial charge in [0.2, 0.25) is 0 Å². The van der Waals surface area contributed by atoms with Gasteiger partial charge in [-0.3, -0.25) is 9.69 Å². The summed E-state index contributed by atoms with van der Waals surface area (Å²) in [6, 6.07) is 1.87. The molecule has 0 aromatic heterocycles. The third-order valence-corrected chi connectivity index (χ3v) is 2.60. The van der Waals surface area contributed by atoms with Crippen LogP contribution >= 0.6 is 0 Å². The minimum atomic E-state index is -0.153. The first-order chi connectivity index (χ1) is 7.15. The zero-order chi connectivity index (χ0) is 11.3. The number of piperidine rings is 1. The zero-order valence-corrected chi connectivity index (χ0v) is 9.12. The fraction of sp³-hybridized carbons (Fsp3) is 0.636. The molecular formula is C11H17N3O. The van der Waals surface area contributed by atoms with Gasteiger partial charge in [-0.2, -0.15) is 5.26 Å². The maximum absolute atomic E-state index is 11.7. The van der Waals surface area contributed by atoms with E-state index in [-0.39, 0.29) is 11.4 Å². The molecule has 1 rings (SSSR count). The van der Waals surface area contributed by atoms with Crippen molar-refractivity contribution in [2.45, 2.75) is 26.2 Å². The Kier molecular flexibility index (Phi) is 4.32. The van der Waals surface area contributed by atoms with Crippen LogP contribution in [0.4, 0.5) is 0 Å². The highest BCUT2D eigenvalue weighted by Crippen LogP contribution is 2.09. The van der Waals surface area contributed by atoms with E-state index in [4.69, 9.17) is 11.0 Å². The topological polar surface area (TPSA) is 70.1 Å². The molecule has 1 saturated heterocycles. The van der Waals surface area contributed by atoms with Crippen molar-refractivity contribution in [3.8, 4) is 6.07 Å². The molecule has 4 nitrogen and oxygen atoms in total. The number of hydrogen-bond acceptors (Lipinski definition) is 4. The molecular weight excluding hydrogens is 190 g/mol. The Morgan fingerprint density at radius 1 is 1.40 bits per heavy atom. The number of likely N-dealkylation sites (tertiary alicyclic amines) is 1. The summed E-state index contributed by atoms with van der Waals surface area (Å²) in [6.45, 7) is 3.83. The number of carbonyl (C=O) groups excluding carboxylic acids is 1. The molecule has 1 heterocycles. The van der Waals surface area contributed by atoms with E-state index in [1.165, 1.54) is 6.42 Å². The summed E-state index contributed by atoms with van der Waals surface area (Å²) in [6.07, 6.45) is 3.52. The summed E-state index contributed by atoms with van der Waals surface area (Å²) in [5.41, 5.74) is 5.90. The SMILES string of the molecule is C/C(N)=C(/C#N)C(=O)CN1CCCCC1. The Hall–Kier alpha value is -1.34. The van der Waals surface area contributed by atoms with Crippen LogP contribution in [0.2, 0.25) is 0 Å². The fourth-order valence-electron chi connectivity index (χ4n) is 1.77. The number of nitrogens with zero attached hydrogens (tertiary/aromatic N) is 2. The third kappa shape index (κ3) is 3.37. The number of carbonyl (C=O) groups is 1. The van der Waals surface area contributed by atoms with Crippen LogP contribution in [-0.4, -0.2) is 30.3 Å². The van der Waals surface area contributed by atoms with Crippen LogP contribution in [0.5, 0.6) is 0 Å². The van der Waals surface area contributed by atoms with Crippen LogP contribution in [0, 0.1) is 11.3 Å². The zero-order valence-electron chi connectivity index (χ0n) is 9.12. The van der Waals surface area contributed by atoms with Gasteiger partial charge in [0.15, 0.2) is 5.78 Å². The van der Waals surface area contributed by atoms with Crippen LogP contribution in [-0.2, 0) is 4.79 Å². The normalized spacial score (nSPS) is 19.2. The van der Waals surface area contributed by atoms with Gasteiger partial charge in [-0.05, 0) is 32.9 Å². The third-order valence-electron chi connectivity index (χ3n) is 2.60. The molecule has 1 aliphatic rings. The molecule has 82 valence electrons. The van der Waals surface area contributed by atoms with E-state index in [2.05, 4.69) is 4.90 Å². The molecule has 1 aliphatic heterocycles. The van der Waals surface area contributed by atoms with Crippen LogP contribution < -0.4 is 5.73 Å². The van der Waals surface area contributed by atoms with Crippen molar-refractivity contribution < 1.29 is 4.79 Å². The molecule has 0 aliphatic carbocycles. The highest BCUT2D eigenvalue weighted by atomic mass is 16.1. The van der Waals surface area contributed by atoms with Crippen molar-refractivity contribution in [2.24, 2.45) is 5.73 Å². The minimum absolute atomic E-state index is 0.112. The van der Waals surface area contributed by atoms with Gasteiger partial charge in [0, 0.05) is 5.70 Å². The van der Waals surface area contributed by atoms with E-state index in [0.29, 0.717) is 12.2 Å². The van der Waals surface area contributed by atoms with E-state index in [9.17, 15) is 4.79 Å². The molecule has 0 spiro atoms. The van der Waals surface area contributed by atoms with Crippen molar-refractivity contribution in [2.75, 3.05) is 19.6 Å². The smallest absolute Gasteiger partial charge is 0.189 e. The van der Waals surface area contributed by atoms with Gasteiger partial charge in [-0.15, -0.1) is 0 Å². The Morgan fingerprint density at radius 2 is 2.00 bits per heavy atom.